The molecule has 2 aromatic rings. The number of hydrogen-bond donors (Lipinski definition) is 3. The van der Waals surface area contributed by atoms with Crippen molar-refractivity contribution in [3.05, 3.63) is 66.0 Å². The molecule has 26 heavy (non-hydrogen) atoms. The molecule has 2 aromatic carbocycles. The van der Waals surface area contributed by atoms with E-state index in [-0.39, 0.29) is 5.82 Å². The van der Waals surface area contributed by atoms with Crippen molar-refractivity contribution in [3.8, 4) is 5.75 Å². The van der Waals surface area contributed by atoms with Crippen molar-refractivity contribution in [2.24, 2.45) is 5.73 Å². The summed E-state index contributed by atoms with van der Waals surface area (Å²) in [5, 5.41) is 5.22. The molecule has 3 amide bonds. The number of unbranched alkanes of at least 4 members (excludes halogenated alkanes) is 1. The first-order valence-corrected chi connectivity index (χ1v) is 8.33. The van der Waals surface area contributed by atoms with E-state index in [1.165, 1.54) is 12.1 Å². The molecule has 0 unspecified atom stereocenters. The Kier molecular flexibility index (Phi) is 7.57. The molecule has 1 atom stereocenters. The Labute approximate surface area is 151 Å². The third kappa shape index (κ3) is 6.52. The Bertz CT molecular complexity index is 708. The molecule has 0 saturated carbocycles. The molecule has 0 spiro atoms. The van der Waals surface area contributed by atoms with Crippen LogP contribution in [0.15, 0.2) is 54.6 Å². The van der Waals surface area contributed by atoms with Gasteiger partial charge in [0.1, 0.15) is 17.6 Å². The van der Waals surface area contributed by atoms with Gasteiger partial charge in [0, 0.05) is 0 Å². The van der Waals surface area contributed by atoms with Gasteiger partial charge in [-0.15, -0.1) is 0 Å². The molecule has 0 aromatic heterocycles. The highest BCUT2D eigenvalue weighted by Gasteiger charge is 2.20. The number of benzene rings is 2. The molecule has 0 radical (unpaired) electrons. The molecular weight excluding hydrogens is 337 g/mol. The number of carbonyl (C=O) groups excluding carboxylic acids is 2. The van der Waals surface area contributed by atoms with E-state index >= 15 is 0 Å². The molecule has 4 N–H and O–H groups in total. The Morgan fingerprint density at radius 2 is 1.73 bits per heavy atom. The average molecular weight is 359 g/mol. The Morgan fingerprint density at radius 1 is 1.04 bits per heavy atom. The molecule has 138 valence electrons. The quantitative estimate of drug-likeness (QED) is 0.600. The fourth-order valence-electron chi connectivity index (χ4n) is 2.40. The van der Waals surface area contributed by atoms with Gasteiger partial charge in [0.25, 0.3) is 0 Å². The maximum Gasteiger partial charge on any atom is 0.318 e. The lowest BCUT2D eigenvalue weighted by molar-refractivity contribution is -0.122. The second-order valence-electron chi connectivity index (χ2n) is 5.66. The van der Waals surface area contributed by atoms with E-state index < -0.39 is 18.0 Å². The average Bonchev–Trinajstić information content (AvgIpc) is 2.62. The molecule has 7 heteroatoms. The van der Waals surface area contributed by atoms with Gasteiger partial charge in [0.05, 0.1) is 6.61 Å². The number of nitrogens with two attached hydrogens (primary N) is 1. The minimum absolute atomic E-state index is 0.303. The van der Waals surface area contributed by atoms with Crippen molar-refractivity contribution in [3.63, 3.8) is 0 Å². The largest absolute Gasteiger partial charge is 0.494 e. The summed E-state index contributed by atoms with van der Waals surface area (Å²) in [5.41, 5.74) is 5.77. The number of primary amides is 1. The van der Waals surface area contributed by atoms with Crippen molar-refractivity contribution in [2.75, 3.05) is 13.2 Å². The smallest absolute Gasteiger partial charge is 0.318 e. The van der Waals surface area contributed by atoms with E-state index in [0.717, 1.165) is 18.4 Å². The predicted octanol–water partition coefficient (Wildman–Crippen LogP) is 2.51. The highest BCUT2D eigenvalue weighted by molar-refractivity contribution is 5.96. The van der Waals surface area contributed by atoms with Crippen LogP contribution in [0.2, 0.25) is 0 Å². The number of urea groups is 1. The Balaban J connectivity index is 1.77. The molecule has 0 aliphatic heterocycles. The first-order valence-electron chi connectivity index (χ1n) is 8.33. The van der Waals surface area contributed by atoms with Crippen LogP contribution >= 0.6 is 0 Å². The molecule has 0 aliphatic rings. The van der Waals surface area contributed by atoms with Crippen molar-refractivity contribution in [2.45, 2.75) is 18.9 Å². The maximum absolute atomic E-state index is 12.8. The van der Waals surface area contributed by atoms with Gasteiger partial charge in [-0.25, -0.2) is 9.18 Å². The van der Waals surface area contributed by atoms with Crippen LogP contribution in [-0.2, 0) is 4.79 Å². The van der Waals surface area contributed by atoms with Gasteiger partial charge < -0.3 is 15.8 Å². The van der Waals surface area contributed by atoms with Crippen LogP contribution in [0, 0.1) is 5.82 Å². The fourth-order valence-corrected chi connectivity index (χ4v) is 2.40. The summed E-state index contributed by atoms with van der Waals surface area (Å²) >= 11 is 0. The number of nitrogens with one attached hydrogen (secondary N) is 2. The van der Waals surface area contributed by atoms with Gasteiger partial charge in [0.2, 0.25) is 5.91 Å². The van der Waals surface area contributed by atoms with E-state index in [1.54, 1.807) is 24.3 Å². The van der Waals surface area contributed by atoms with Crippen LogP contribution in [-0.4, -0.2) is 25.1 Å². The van der Waals surface area contributed by atoms with E-state index in [0.29, 0.717) is 18.9 Å². The Hall–Kier alpha value is -2.93. The number of hydrogen-bond acceptors (Lipinski definition) is 4. The number of imide groups is 1. The van der Waals surface area contributed by atoms with Crippen LogP contribution < -0.4 is 21.1 Å². The van der Waals surface area contributed by atoms with Crippen molar-refractivity contribution < 1.29 is 18.7 Å². The van der Waals surface area contributed by atoms with E-state index in [1.807, 2.05) is 18.2 Å². The first kappa shape index (κ1) is 19.4. The minimum Gasteiger partial charge on any atom is -0.494 e. The minimum atomic E-state index is -0.884. The predicted molar refractivity (Wildman–Crippen MR) is 96.0 cm³/mol. The summed E-state index contributed by atoms with van der Waals surface area (Å²) in [5.74, 6) is -0.184. The molecule has 0 fully saturated rings. The zero-order valence-electron chi connectivity index (χ0n) is 14.3. The molecule has 0 heterocycles. The zero-order valence-corrected chi connectivity index (χ0v) is 14.3. The summed E-state index contributed by atoms with van der Waals surface area (Å²) in [6.07, 6.45) is 1.51. The van der Waals surface area contributed by atoms with Crippen LogP contribution in [0.3, 0.4) is 0 Å². The summed E-state index contributed by atoms with van der Waals surface area (Å²) in [6, 6.07) is 13.4. The third-order valence-corrected chi connectivity index (χ3v) is 3.64. The summed E-state index contributed by atoms with van der Waals surface area (Å²) in [7, 11) is 0. The SMILES string of the molecule is NC(=O)NC(=O)[C@@H](NCCCCOc1ccc(F)cc1)c1ccccc1. The summed E-state index contributed by atoms with van der Waals surface area (Å²) < 4.78 is 18.3. The van der Waals surface area contributed by atoms with E-state index in [4.69, 9.17) is 10.5 Å². The number of halogens is 1. The van der Waals surface area contributed by atoms with Crippen molar-refractivity contribution in [1.29, 1.82) is 0 Å². The summed E-state index contributed by atoms with van der Waals surface area (Å²) in [4.78, 5) is 23.1. The molecule has 0 bridgehead atoms. The number of amides is 3. The van der Waals surface area contributed by atoms with Gasteiger partial charge in [-0.1, -0.05) is 30.3 Å². The Morgan fingerprint density at radius 3 is 2.38 bits per heavy atom. The lowest BCUT2D eigenvalue weighted by Crippen LogP contribution is -2.43. The molecule has 0 saturated heterocycles. The molecular formula is C19H22FN3O3. The van der Waals surface area contributed by atoms with Crippen LogP contribution in [0.5, 0.6) is 5.75 Å². The second-order valence-corrected chi connectivity index (χ2v) is 5.66. The number of ether oxygens (including phenoxy) is 1. The second kappa shape index (κ2) is 10.1. The van der Waals surface area contributed by atoms with E-state index in [9.17, 15) is 14.0 Å². The van der Waals surface area contributed by atoms with Crippen LogP contribution in [0.4, 0.5) is 9.18 Å². The monoisotopic (exact) mass is 359 g/mol. The van der Waals surface area contributed by atoms with Gasteiger partial charge >= 0.3 is 6.03 Å². The van der Waals surface area contributed by atoms with Gasteiger partial charge in [-0.05, 0) is 49.2 Å². The topological polar surface area (TPSA) is 93.5 Å². The highest BCUT2D eigenvalue weighted by Crippen LogP contribution is 2.14. The fraction of sp³-hybridized carbons (Fsp3) is 0.263. The third-order valence-electron chi connectivity index (χ3n) is 3.64. The molecule has 2 rings (SSSR count). The van der Waals surface area contributed by atoms with Crippen molar-refractivity contribution >= 4 is 11.9 Å². The molecule has 6 nitrogen and oxygen atoms in total. The number of carbonyl (C=O) groups is 2. The highest BCUT2D eigenvalue weighted by atomic mass is 19.1. The lowest BCUT2D eigenvalue weighted by Gasteiger charge is -2.18. The normalized spacial score (nSPS) is 11.6. The lowest BCUT2D eigenvalue weighted by atomic mass is 10.1. The maximum atomic E-state index is 12.8. The van der Waals surface area contributed by atoms with Crippen LogP contribution in [0.1, 0.15) is 24.4 Å². The van der Waals surface area contributed by atoms with Crippen molar-refractivity contribution in [1.82, 2.24) is 10.6 Å². The van der Waals surface area contributed by atoms with E-state index in [2.05, 4.69) is 10.6 Å². The standard InChI is InChI=1S/C19H22FN3O3/c20-15-8-10-16(11-9-15)26-13-5-4-12-22-17(18(24)23-19(21)25)14-6-2-1-3-7-14/h1-3,6-11,17,22H,4-5,12-13H2,(H3,21,23,24,25)/t17-/m0/s1. The summed E-state index contributed by atoms with van der Waals surface area (Å²) in [6.45, 7) is 1.04. The van der Waals surface area contributed by atoms with Gasteiger partial charge in [-0.3, -0.25) is 10.1 Å². The van der Waals surface area contributed by atoms with Gasteiger partial charge in [-0.2, -0.15) is 0 Å². The van der Waals surface area contributed by atoms with Gasteiger partial charge in [0.15, 0.2) is 0 Å². The zero-order chi connectivity index (χ0) is 18.8. The number of rotatable bonds is 9. The molecule has 0 aliphatic carbocycles. The first-order chi connectivity index (χ1) is 12.6. The van der Waals surface area contributed by atoms with Crippen LogP contribution in [0.25, 0.3) is 0 Å².